The molecule has 1 aliphatic rings. The molecule has 5 heteroatoms. The molecule has 1 atom stereocenters. The Bertz CT molecular complexity index is 464. The van der Waals surface area contributed by atoms with E-state index in [1.54, 1.807) is 7.11 Å². The summed E-state index contributed by atoms with van der Waals surface area (Å²) in [5.41, 5.74) is 1.01. The van der Waals surface area contributed by atoms with Crippen molar-refractivity contribution >= 4 is 15.9 Å². The van der Waals surface area contributed by atoms with Crippen LogP contribution < -0.4 is 10.1 Å². The highest BCUT2D eigenvalue weighted by atomic mass is 79.9. The minimum Gasteiger partial charge on any atom is -0.496 e. The summed E-state index contributed by atoms with van der Waals surface area (Å²) in [7, 11) is 1.64. The van der Waals surface area contributed by atoms with Crippen LogP contribution in [0, 0.1) is 11.3 Å². The maximum atomic E-state index is 9.48. The van der Waals surface area contributed by atoms with Gasteiger partial charge in [0.05, 0.1) is 17.7 Å². The molecule has 19 heavy (non-hydrogen) atoms. The van der Waals surface area contributed by atoms with Crippen LogP contribution in [0.3, 0.4) is 0 Å². The fraction of sp³-hybridized carbons (Fsp3) is 0.500. The van der Waals surface area contributed by atoms with E-state index in [4.69, 9.17) is 4.74 Å². The van der Waals surface area contributed by atoms with E-state index in [1.807, 2.05) is 18.2 Å². The summed E-state index contributed by atoms with van der Waals surface area (Å²) in [5, 5.41) is 12.8. The highest BCUT2D eigenvalue weighted by Gasteiger charge is 2.21. The van der Waals surface area contributed by atoms with Gasteiger partial charge in [0.15, 0.2) is 0 Å². The topological polar surface area (TPSA) is 48.3 Å². The lowest BCUT2D eigenvalue weighted by atomic mass is 10.1. The third-order valence-electron chi connectivity index (χ3n) is 3.35. The maximum Gasteiger partial charge on any atom is 0.133 e. The molecule has 1 saturated heterocycles. The van der Waals surface area contributed by atoms with Crippen molar-refractivity contribution in [2.24, 2.45) is 0 Å². The zero-order chi connectivity index (χ0) is 13.7. The van der Waals surface area contributed by atoms with Crippen molar-refractivity contribution < 1.29 is 4.74 Å². The summed E-state index contributed by atoms with van der Waals surface area (Å²) in [6, 6.07) is 8.07. The predicted octanol–water partition coefficient (Wildman–Crippen LogP) is 2.32. The molecule has 0 amide bonds. The summed E-state index contributed by atoms with van der Waals surface area (Å²) in [6.45, 7) is 3.83. The zero-order valence-corrected chi connectivity index (χ0v) is 12.6. The van der Waals surface area contributed by atoms with E-state index in [2.05, 4.69) is 32.2 Å². The second kappa shape index (κ2) is 6.90. The molecule has 1 aromatic carbocycles. The Kier molecular flexibility index (Phi) is 5.20. The average Bonchev–Trinajstić information content (AvgIpc) is 2.69. The van der Waals surface area contributed by atoms with Gasteiger partial charge in [-0.05, 0) is 46.6 Å². The smallest absolute Gasteiger partial charge is 0.133 e. The van der Waals surface area contributed by atoms with Gasteiger partial charge in [-0.1, -0.05) is 6.07 Å². The van der Waals surface area contributed by atoms with E-state index >= 15 is 0 Å². The number of hydrogen-bond donors (Lipinski definition) is 1. The minimum atomic E-state index is -0.192. The third-order valence-corrected chi connectivity index (χ3v) is 3.97. The predicted molar refractivity (Wildman–Crippen MR) is 78.1 cm³/mol. The molecule has 1 fully saturated rings. The van der Waals surface area contributed by atoms with Gasteiger partial charge in [-0.2, -0.15) is 5.26 Å². The number of halogens is 1. The van der Waals surface area contributed by atoms with Gasteiger partial charge < -0.3 is 10.1 Å². The normalized spacial score (nSPS) is 18.4. The van der Waals surface area contributed by atoms with E-state index in [0.29, 0.717) is 0 Å². The van der Waals surface area contributed by atoms with Crippen LogP contribution in [0.15, 0.2) is 22.7 Å². The van der Waals surface area contributed by atoms with Crippen molar-refractivity contribution in [2.75, 3.05) is 33.3 Å². The summed E-state index contributed by atoms with van der Waals surface area (Å²) in [6.07, 6.45) is 1.08. The van der Waals surface area contributed by atoms with Crippen molar-refractivity contribution in [1.82, 2.24) is 10.2 Å². The number of nitrogens with zero attached hydrogens (tertiary/aromatic N) is 2. The molecule has 1 unspecified atom stereocenters. The first-order chi connectivity index (χ1) is 9.26. The van der Waals surface area contributed by atoms with Gasteiger partial charge in [0, 0.05) is 19.6 Å². The van der Waals surface area contributed by atoms with Gasteiger partial charge >= 0.3 is 0 Å². The Morgan fingerprint density at radius 3 is 2.95 bits per heavy atom. The van der Waals surface area contributed by atoms with Crippen LogP contribution in [0.4, 0.5) is 0 Å². The molecule has 0 bridgehead atoms. The molecule has 0 saturated carbocycles. The first-order valence-electron chi connectivity index (χ1n) is 6.44. The van der Waals surface area contributed by atoms with Gasteiger partial charge in [-0.15, -0.1) is 0 Å². The first kappa shape index (κ1) is 14.3. The second-order valence-corrected chi connectivity index (χ2v) is 5.42. The van der Waals surface area contributed by atoms with Crippen molar-refractivity contribution in [3.8, 4) is 11.8 Å². The van der Waals surface area contributed by atoms with Crippen molar-refractivity contribution in [1.29, 1.82) is 5.26 Å². The number of methoxy groups -OCH3 is 1. The van der Waals surface area contributed by atoms with E-state index in [9.17, 15) is 5.26 Å². The standard InChI is InChI=1S/C14H18BrN3O/c1-19-14-4-3-11(9-12(14)15)13(10-16)18-7-2-5-17-6-8-18/h3-4,9,13,17H,2,5-8H2,1H3. The van der Waals surface area contributed by atoms with Crippen molar-refractivity contribution in [2.45, 2.75) is 12.5 Å². The second-order valence-electron chi connectivity index (χ2n) is 4.57. The Labute approximate surface area is 122 Å². The monoisotopic (exact) mass is 323 g/mol. The average molecular weight is 324 g/mol. The minimum absolute atomic E-state index is 0.192. The molecule has 102 valence electrons. The van der Waals surface area contributed by atoms with E-state index in [1.165, 1.54) is 0 Å². The number of nitrogens with one attached hydrogen (secondary N) is 1. The summed E-state index contributed by atoms with van der Waals surface area (Å²) >= 11 is 3.48. The maximum absolute atomic E-state index is 9.48. The van der Waals surface area contributed by atoms with Gasteiger partial charge in [0.1, 0.15) is 11.8 Å². The van der Waals surface area contributed by atoms with Crippen LogP contribution in [0.5, 0.6) is 5.75 Å². The molecule has 0 aromatic heterocycles. The molecule has 1 N–H and O–H groups in total. The van der Waals surface area contributed by atoms with Crippen molar-refractivity contribution in [3.63, 3.8) is 0 Å². The SMILES string of the molecule is COc1ccc(C(C#N)N2CCCNCC2)cc1Br. The summed E-state index contributed by atoms with van der Waals surface area (Å²) in [4.78, 5) is 2.23. The van der Waals surface area contributed by atoms with Gasteiger partial charge in [-0.3, -0.25) is 4.90 Å². The molecule has 2 rings (SSSR count). The van der Waals surface area contributed by atoms with Gasteiger partial charge in [0.2, 0.25) is 0 Å². The molecule has 1 aromatic rings. The lowest BCUT2D eigenvalue weighted by Gasteiger charge is -2.25. The number of ether oxygens (including phenoxy) is 1. The summed E-state index contributed by atoms with van der Waals surface area (Å²) in [5.74, 6) is 0.790. The molecule has 0 radical (unpaired) electrons. The third kappa shape index (κ3) is 3.47. The zero-order valence-electron chi connectivity index (χ0n) is 11.0. The highest BCUT2D eigenvalue weighted by Crippen LogP contribution is 2.30. The van der Waals surface area contributed by atoms with Gasteiger partial charge in [0.25, 0.3) is 0 Å². The highest BCUT2D eigenvalue weighted by molar-refractivity contribution is 9.10. The molecule has 4 nitrogen and oxygen atoms in total. The lowest BCUT2D eigenvalue weighted by molar-refractivity contribution is 0.252. The largest absolute Gasteiger partial charge is 0.496 e. The molecule has 1 heterocycles. The van der Waals surface area contributed by atoms with Crippen molar-refractivity contribution in [3.05, 3.63) is 28.2 Å². The van der Waals surface area contributed by atoms with Crippen LogP contribution >= 0.6 is 15.9 Å². The molecular formula is C14H18BrN3O. The summed E-state index contributed by atoms with van der Waals surface area (Å²) < 4.78 is 6.11. The van der Waals surface area contributed by atoms with Crippen LogP contribution in [0.1, 0.15) is 18.0 Å². The molecular weight excluding hydrogens is 306 g/mol. The fourth-order valence-electron chi connectivity index (χ4n) is 2.34. The van der Waals surface area contributed by atoms with Crippen LogP contribution in [-0.4, -0.2) is 38.2 Å². The first-order valence-corrected chi connectivity index (χ1v) is 7.23. The van der Waals surface area contributed by atoms with E-state index < -0.39 is 0 Å². The van der Waals surface area contributed by atoms with E-state index in [0.717, 1.165) is 48.4 Å². The van der Waals surface area contributed by atoms with E-state index in [-0.39, 0.29) is 6.04 Å². The molecule has 1 aliphatic heterocycles. The Morgan fingerprint density at radius 1 is 1.42 bits per heavy atom. The number of nitriles is 1. The number of benzene rings is 1. The lowest BCUT2D eigenvalue weighted by Crippen LogP contribution is -2.31. The fourth-order valence-corrected chi connectivity index (χ4v) is 2.90. The Hall–Kier alpha value is -1.09. The quantitative estimate of drug-likeness (QED) is 0.927. The molecule has 0 aliphatic carbocycles. The van der Waals surface area contributed by atoms with Crippen LogP contribution in [0.25, 0.3) is 0 Å². The number of hydrogen-bond acceptors (Lipinski definition) is 4. The number of rotatable bonds is 3. The van der Waals surface area contributed by atoms with Crippen LogP contribution in [-0.2, 0) is 0 Å². The van der Waals surface area contributed by atoms with Crippen LogP contribution in [0.2, 0.25) is 0 Å². The molecule has 0 spiro atoms. The Balaban J connectivity index is 2.21. The Morgan fingerprint density at radius 2 is 2.26 bits per heavy atom. The van der Waals surface area contributed by atoms with Gasteiger partial charge in [-0.25, -0.2) is 0 Å².